The normalized spacial score (nSPS) is 19.9. The van der Waals surface area contributed by atoms with Crippen LogP contribution in [0.2, 0.25) is 0 Å². The summed E-state index contributed by atoms with van der Waals surface area (Å²) < 4.78 is 2.20. The van der Waals surface area contributed by atoms with Crippen LogP contribution in [0.3, 0.4) is 0 Å². The lowest BCUT2D eigenvalue weighted by molar-refractivity contribution is -0.120. The minimum absolute atomic E-state index is 0.175. The Bertz CT molecular complexity index is 813. The van der Waals surface area contributed by atoms with Crippen LogP contribution in [0.15, 0.2) is 18.2 Å². The quantitative estimate of drug-likeness (QED) is 0.835. The lowest BCUT2D eigenvalue weighted by Gasteiger charge is -2.29. The summed E-state index contributed by atoms with van der Waals surface area (Å²) in [5.74, 6) is 2.35. The largest absolute Gasteiger partial charge is 0.331 e. The Kier molecular flexibility index (Phi) is 6.00. The molecule has 1 aliphatic carbocycles. The molecule has 1 aromatic heterocycles. The number of hydrogen-bond acceptors (Lipinski definition) is 3. The lowest BCUT2D eigenvalue weighted by Crippen LogP contribution is -2.34. The first-order chi connectivity index (χ1) is 13.6. The van der Waals surface area contributed by atoms with Crippen molar-refractivity contribution in [3.8, 4) is 0 Å². The molecule has 0 spiro atoms. The molecule has 0 radical (unpaired) electrons. The van der Waals surface area contributed by atoms with E-state index < -0.39 is 0 Å². The molecule has 0 atom stereocenters. The van der Waals surface area contributed by atoms with Gasteiger partial charge in [0.2, 0.25) is 5.91 Å². The van der Waals surface area contributed by atoms with Crippen molar-refractivity contribution in [2.45, 2.75) is 58.3 Å². The molecule has 1 amide bonds. The van der Waals surface area contributed by atoms with Gasteiger partial charge in [-0.3, -0.25) is 4.79 Å². The van der Waals surface area contributed by atoms with Crippen LogP contribution < -0.4 is 5.32 Å². The van der Waals surface area contributed by atoms with Crippen LogP contribution >= 0.6 is 0 Å². The van der Waals surface area contributed by atoms with Gasteiger partial charge in [0.1, 0.15) is 5.82 Å². The molecule has 5 heteroatoms. The van der Waals surface area contributed by atoms with Crippen molar-refractivity contribution in [1.29, 1.82) is 0 Å². The van der Waals surface area contributed by atoms with E-state index in [1.54, 1.807) is 0 Å². The summed E-state index contributed by atoms with van der Waals surface area (Å²) in [4.78, 5) is 20.0. The van der Waals surface area contributed by atoms with Crippen LogP contribution in [0, 0.1) is 11.8 Å². The fourth-order valence-electron chi connectivity index (χ4n) is 4.70. The number of carbonyl (C=O) groups is 1. The average molecular weight is 383 g/mol. The van der Waals surface area contributed by atoms with E-state index in [9.17, 15) is 4.79 Å². The van der Waals surface area contributed by atoms with Gasteiger partial charge in [0.05, 0.1) is 11.0 Å². The maximum Gasteiger partial charge on any atom is 0.227 e. The number of fused-ring (bicyclic) bond motifs is 1. The van der Waals surface area contributed by atoms with E-state index in [2.05, 4.69) is 34.8 Å². The van der Waals surface area contributed by atoms with E-state index in [0.29, 0.717) is 0 Å². The van der Waals surface area contributed by atoms with Crippen molar-refractivity contribution in [2.24, 2.45) is 18.9 Å². The van der Waals surface area contributed by atoms with Crippen molar-refractivity contribution in [3.05, 3.63) is 24.0 Å². The van der Waals surface area contributed by atoms with E-state index in [1.165, 1.54) is 45.2 Å². The molecule has 5 nitrogen and oxygen atoms in total. The lowest BCUT2D eigenvalue weighted by atomic mass is 9.88. The van der Waals surface area contributed by atoms with Gasteiger partial charge in [-0.2, -0.15) is 0 Å². The number of hydrogen-bond donors (Lipinski definition) is 1. The van der Waals surface area contributed by atoms with Crippen molar-refractivity contribution >= 4 is 22.6 Å². The molecule has 152 valence electrons. The molecule has 1 saturated carbocycles. The molecule has 0 unspecified atom stereocenters. The summed E-state index contributed by atoms with van der Waals surface area (Å²) in [7, 11) is 2.10. The van der Waals surface area contributed by atoms with E-state index in [4.69, 9.17) is 4.98 Å². The van der Waals surface area contributed by atoms with Crippen LogP contribution in [-0.4, -0.2) is 40.0 Å². The van der Waals surface area contributed by atoms with Gasteiger partial charge in [-0.1, -0.05) is 26.2 Å². The predicted octanol–water partition coefficient (Wildman–Crippen LogP) is 4.37. The summed E-state index contributed by atoms with van der Waals surface area (Å²) >= 11 is 0. The second-order valence-corrected chi connectivity index (χ2v) is 8.89. The van der Waals surface area contributed by atoms with Gasteiger partial charge >= 0.3 is 0 Å². The summed E-state index contributed by atoms with van der Waals surface area (Å²) in [6, 6.07) is 6.13. The zero-order chi connectivity index (χ0) is 19.5. The van der Waals surface area contributed by atoms with Gasteiger partial charge in [0.25, 0.3) is 0 Å². The van der Waals surface area contributed by atoms with Gasteiger partial charge < -0.3 is 14.8 Å². The molecule has 0 bridgehead atoms. The standard InChI is InChI=1S/C23H34N4O/c1-17-10-13-27(14-11-17)15-12-22-25-20-16-19(8-9-21(20)26(22)2)24-23(28)18-6-4-3-5-7-18/h8-9,16-18H,3-7,10-15H2,1-2H3,(H,24,28). The Labute approximate surface area is 168 Å². The molecule has 2 aromatic rings. The van der Waals surface area contributed by atoms with Crippen molar-refractivity contribution < 1.29 is 4.79 Å². The smallest absolute Gasteiger partial charge is 0.227 e. The Morgan fingerprint density at radius 1 is 1.14 bits per heavy atom. The third-order valence-electron chi connectivity index (χ3n) is 6.74. The number of imidazole rings is 1. The topological polar surface area (TPSA) is 50.2 Å². The minimum atomic E-state index is 0.175. The number of likely N-dealkylation sites (tertiary alicyclic amines) is 1. The minimum Gasteiger partial charge on any atom is -0.331 e. The fraction of sp³-hybridized carbons (Fsp3) is 0.652. The zero-order valence-electron chi connectivity index (χ0n) is 17.4. The van der Waals surface area contributed by atoms with Crippen molar-refractivity contribution in [3.63, 3.8) is 0 Å². The summed E-state index contributed by atoms with van der Waals surface area (Å²) in [5, 5.41) is 3.12. The third kappa shape index (κ3) is 4.40. The highest BCUT2D eigenvalue weighted by molar-refractivity contribution is 5.94. The van der Waals surface area contributed by atoms with Gasteiger partial charge in [-0.15, -0.1) is 0 Å². The van der Waals surface area contributed by atoms with Gasteiger partial charge in [-0.05, 0) is 62.9 Å². The molecule has 28 heavy (non-hydrogen) atoms. The Morgan fingerprint density at radius 2 is 1.89 bits per heavy atom. The monoisotopic (exact) mass is 382 g/mol. The highest BCUT2D eigenvalue weighted by atomic mass is 16.1. The molecule has 1 aromatic carbocycles. The van der Waals surface area contributed by atoms with E-state index in [0.717, 1.165) is 54.3 Å². The maximum atomic E-state index is 12.5. The first-order valence-electron chi connectivity index (χ1n) is 11.1. The first kappa shape index (κ1) is 19.4. The molecular formula is C23H34N4O. The number of carbonyl (C=O) groups excluding carboxylic acids is 1. The number of aryl methyl sites for hydroxylation is 1. The highest BCUT2D eigenvalue weighted by Crippen LogP contribution is 2.26. The number of benzene rings is 1. The Balaban J connectivity index is 1.41. The number of aromatic nitrogens is 2. The number of nitrogens with zero attached hydrogens (tertiary/aromatic N) is 3. The number of amides is 1. The van der Waals surface area contributed by atoms with Crippen molar-refractivity contribution in [1.82, 2.24) is 14.5 Å². The van der Waals surface area contributed by atoms with Crippen LogP contribution in [-0.2, 0) is 18.3 Å². The number of nitrogens with one attached hydrogen (secondary N) is 1. The maximum absolute atomic E-state index is 12.5. The zero-order valence-corrected chi connectivity index (χ0v) is 17.4. The predicted molar refractivity (Wildman–Crippen MR) is 114 cm³/mol. The Morgan fingerprint density at radius 3 is 2.64 bits per heavy atom. The molecule has 1 saturated heterocycles. The second kappa shape index (κ2) is 8.64. The van der Waals surface area contributed by atoms with Crippen LogP contribution in [0.25, 0.3) is 11.0 Å². The summed E-state index contributed by atoms with van der Waals surface area (Å²) in [5.41, 5.74) is 2.99. The number of rotatable bonds is 5. The molecule has 2 heterocycles. The van der Waals surface area contributed by atoms with E-state index >= 15 is 0 Å². The average Bonchev–Trinajstić information content (AvgIpc) is 3.03. The third-order valence-corrected chi connectivity index (χ3v) is 6.74. The second-order valence-electron chi connectivity index (χ2n) is 8.89. The summed E-state index contributed by atoms with van der Waals surface area (Å²) in [6.45, 7) is 5.85. The van der Waals surface area contributed by atoms with E-state index in [1.807, 2.05) is 12.1 Å². The van der Waals surface area contributed by atoms with Crippen molar-refractivity contribution in [2.75, 3.05) is 25.0 Å². The molecule has 1 aliphatic heterocycles. The molecule has 4 rings (SSSR count). The van der Waals surface area contributed by atoms with Crippen LogP contribution in [0.4, 0.5) is 5.69 Å². The molecule has 2 fully saturated rings. The van der Waals surface area contributed by atoms with E-state index in [-0.39, 0.29) is 11.8 Å². The first-order valence-corrected chi connectivity index (χ1v) is 11.1. The van der Waals surface area contributed by atoms with Gasteiger partial charge in [0, 0.05) is 31.6 Å². The molecular weight excluding hydrogens is 348 g/mol. The fourth-order valence-corrected chi connectivity index (χ4v) is 4.70. The number of piperidine rings is 1. The summed E-state index contributed by atoms with van der Waals surface area (Å²) in [6.07, 6.45) is 9.27. The SMILES string of the molecule is CC1CCN(CCc2nc3cc(NC(=O)C4CCCCC4)ccc3n2C)CC1. The molecule has 1 N–H and O–H groups in total. The van der Waals surface area contributed by atoms with Crippen LogP contribution in [0.5, 0.6) is 0 Å². The number of anilines is 1. The van der Waals surface area contributed by atoms with Gasteiger partial charge in [0.15, 0.2) is 0 Å². The Hall–Kier alpha value is -1.88. The molecule has 2 aliphatic rings. The highest BCUT2D eigenvalue weighted by Gasteiger charge is 2.21. The van der Waals surface area contributed by atoms with Gasteiger partial charge in [-0.25, -0.2) is 4.98 Å². The van der Waals surface area contributed by atoms with Crippen LogP contribution in [0.1, 0.15) is 57.7 Å².